The van der Waals surface area contributed by atoms with Crippen molar-refractivity contribution >= 4 is 67.6 Å². The van der Waals surface area contributed by atoms with Gasteiger partial charge in [-0.1, -0.05) is 58.4 Å². The molecule has 2 unspecified atom stereocenters. The maximum absolute atomic E-state index is 14.0. The van der Waals surface area contributed by atoms with Gasteiger partial charge in [-0.25, -0.2) is 9.99 Å². The summed E-state index contributed by atoms with van der Waals surface area (Å²) in [5, 5.41) is 13.6. The first kappa shape index (κ1) is 32.3. The first-order valence-electron chi connectivity index (χ1n) is 15.9. The number of fused-ring (bicyclic) bond motifs is 1. The molecule has 2 N–H and O–H groups in total. The van der Waals surface area contributed by atoms with Gasteiger partial charge in [0.05, 0.1) is 23.0 Å². The van der Waals surface area contributed by atoms with Gasteiger partial charge in [-0.3, -0.25) is 14.4 Å². The van der Waals surface area contributed by atoms with Crippen LogP contribution in [0.1, 0.15) is 49.4 Å². The Kier molecular flexibility index (Phi) is 9.63. The Hall–Kier alpha value is -4.64. The Bertz CT molecular complexity index is 1800. The highest BCUT2D eigenvalue weighted by molar-refractivity contribution is 9.10. The van der Waals surface area contributed by atoms with E-state index >= 15 is 0 Å². The van der Waals surface area contributed by atoms with Gasteiger partial charge < -0.3 is 15.5 Å². The zero-order chi connectivity index (χ0) is 33.1. The molecule has 6 rings (SSSR count). The van der Waals surface area contributed by atoms with E-state index in [-0.39, 0.29) is 36.1 Å². The number of hydrogen-bond acceptors (Lipinski definition) is 8. The lowest BCUT2D eigenvalue weighted by Crippen LogP contribution is -2.47. The lowest BCUT2D eigenvalue weighted by Gasteiger charge is -2.31. The van der Waals surface area contributed by atoms with Crippen molar-refractivity contribution in [1.82, 2.24) is 15.3 Å². The third-order valence-electron chi connectivity index (χ3n) is 8.91. The molecule has 1 fully saturated rings. The van der Waals surface area contributed by atoms with E-state index in [0.717, 1.165) is 46.9 Å². The van der Waals surface area contributed by atoms with Crippen LogP contribution in [-0.4, -0.2) is 59.5 Å². The minimum Gasteiger partial charge on any atom is -0.362 e. The minimum atomic E-state index is -0.901. The number of para-hydroxylation sites is 2. The number of amides is 2. The number of carbonyl (C=O) groups excluding carboxylic acids is 3. The van der Waals surface area contributed by atoms with Gasteiger partial charge in [0.2, 0.25) is 11.9 Å². The van der Waals surface area contributed by atoms with Crippen LogP contribution in [-0.2, 0) is 9.59 Å². The minimum absolute atomic E-state index is 0.0836. The summed E-state index contributed by atoms with van der Waals surface area (Å²) in [6.07, 6.45) is 3.00. The molecule has 3 aromatic carbocycles. The van der Waals surface area contributed by atoms with Crippen LogP contribution in [0.3, 0.4) is 0 Å². The van der Waals surface area contributed by atoms with Gasteiger partial charge in [0.15, 0.2) is 5.78 Å². The number of halogens is 1. The van der Waals surface area contributed by atoms with Crippen molar-refractivity contribution in [1.29, 1.82) is 0 Å². The van der Waals surface area contributed by atoms with E-state index in [2.05, 4.69) is 31.7 Å². The van der Waals surface area contributed by atoms with Crippen molar-refractivity contribution in [3.63, 3.8) is 0 Å². The van der Waals surface area contributed by atoms with Crippen LogP contribution < -0.4 is 20.5 Å². The molecule has 47 heavy (non-hydrogen) atoms. The topological polar surface area (TPSA) is 120 Å². The van der Waals surface area contributed by atoms with Gasteiger partial charge in [0, 0.05) is 53.7 Å². The van der Waals surface area contributed by atoms with E-state index in [4.69, 9.17) is 9.97 Å². The zero-order valence-electron chi connectivity index (χ0n) is 26.7. The van der Waals surface area contributed by atoms with Gasteiger partial charge in [-0.05, 0) is 69.0 Å². The molecule has 242 valence electrons. The molecule has 10 nitrogen and oxygen atoms in total. The molecule has 2 heterocycles. The Morgan fingerprint density at radius 3 is 2.28 bits per heavy atom. The van der Waals surface area contributed by atoms with Crippen LogP contribution in [0.2, 0.25) is 0 Å². The summed E-state index contributed by atoms with van der Waals surface area (Å²) < 4.78 is 0.853. The van der Waals surface area contributed by atoms with Gasteiger partial charge in [0.25, 0.3) is 5.91 Å². The van der Waals surface area contributed by atoms with E-state index in [1.165, 1.54) is 5.01 Å². The Balaban J connectivity index is 1.15. The molecule has 2 atom stereocenters. The number of carbonyl (C=O) groups is 3. The van der Waals surface area contributed by atoms with Crippen molar-refractivity contribution in [2.45, 2.75) is 51.1 Å². The van der Waals surface area contributed by atoms with Gasteiger partial charge in [-0.2, -0.15) is 10.1 Å². The van der Waals surface area contributed by atoms with E-state index in [9.17, 15) is 14.4 Å². The highest BCUT2D eigenvalue weighted by Gasteiger charge is 2.44. The van der Waals surface area contributed by atoms with Crippen LogP contribution in [0.4, 0.5) is 17.5 Å². The second-order valence-corrected chi connectivity index (χ2v) is 13.3. The lowest BCUT2D eigenvalue weighted by molar-refractivity contribution is -0.131. The molecule has 0 saturated heterocycles. The van der Waals surface area contributed by atoms with Crippen molar-refractivity contribution in [2.75, 3.05) is 29.3 Å². The van der Waals surface area contributed by atoms with Crippen LogP contribution in [0.5, 0.6) is 0 Å². The summed E-state index contributed by atoms with van der Waals surface area (Å²) in [5.74, 6) is -1.11. The SMILES string of the molecule is CC1=NN(c2ccccc2)C(=O)C1C(CC(=O)c1ccc(Br)cc1)C(=O)N[C@H]1CC[C@@H](Nc2nc(N(C)C)c3ccccc3n2)CC1. The van der Waals surface area contributed by atoms with E-state index in [1.54, 1.807) is 43.3 Å². The largest absolute Gasteiger partial charge is 0.362 e. The first-order valence-corrected chi connectivity index (χ1v) is 16.7. The van der Waals surface area contributed by atoms with Gasteiger partial charge in [-0.15, -0.1) is 0 Å². The highest BCUT2D eigenvalue weighted by atomic mass is 79.9. The Morgan fingerprint density at radius 2 is 1.57 bits per heavy atom. The molecule has 1 aliphatic heterocycles. The molecule has 0 spiro atoms. The third kappa shape index (κ3) is 7.20. The second kappa shape index (κ2) is 14.0. The number of rotatable bonds is 10. The molecule has 4 aromatic rings. The molecule has 1 saturated carbocycles. The zero-order valence-corrected chi connectivity index (χ0v) is 28.3. The van der Waals surface area contributed by atoms with Crippen molar-refractivity contribution in [3.8, 4) is 0 Å². The maximum atomic E-state index is 14.0. The highest BCUT2D eigenvalue weighted by Crippen LogP contribution is 2.32. The first-order chi connectivity index (χ1) is 22.7. The predicted molar refractivity (Wildman–Crippen MR) is 189 cm³/mol. The molecule has 2 amide bonds. The molecular formula is C36H38BrN7O3. The molecule has 0 bridgehead atoms. The van der Waals surface area contributed by atoms with E-state index in [1.807, 2.05) is 61.5 Å². The predicted octanol–water partition coefficient (Wildman–Crippen LogP) is 6.23. The van der Waals surface area contributed by atoms with Crippen molar-refractivity contribution in [2.24, 2.45) is 16.9 Å². The number of nitrogens with one attached hydrogen (secondary N) is 2. The number of anilines is 3. The Labute approximate surface area is 282 Å². The quantitative estimate of drug-likeness (QED) is 0.189. The number of benzene rings is 3. The normalized spacial score (nSPS) is 20.1. The van der Waals surface area contributed by atoms with E-state index in [0.29, 0.717) is 22.9 Å². The summed E-state index contributed by atoms with van der Waals surface area (Å²) in [6.45, 7) is 1.75. The van der Waals surface area contributed by atoms with E-state index < -0.39 is 11.8 Å². The standard InChI is InChI=1S/C36H38BrN7O3/c1-22-32(35(47)44(42-22)27-9-5-4-6-10-27)29(21-31(45)23-13-15-24(37)16-14-23)34(46)38-25-17-19-26(20-18-25)39-36-40-30-12-8-7-11-28(30)33(41-36)43(2)3/h4-16,25-26,29,32H,17-21H2,1-3H3,(H,38,46)(H,39,40,41)/t25-,26+,29?,32?. The van der Waals surface area contributed by atoms with Crippen LogP contribution in [0.15, 0.2) is 88.4 Å². The molecule has 11 heteroatoms. The number of Topliss-reactive ketones (excluding diaryl/α,β-unsaturated/α-hetero) is 1. The van der Waals surface area contributed by atoms with Crippen LogP contribution in [0.25, 0.3) is 10.9 Å². The number of hydrazone groups is 1. The fourth-order valence-electron chi connectivity index (χ4n) is 6.45. The molecular weight excluding hydrogens is 658 g/mol. The average Bonchev–Trinajstić information content (AvgIpc) is 3.37. The third-order valence-corrected chi connectivity index (χ3v) is 9.44. The second-order valence-electron chi connectivity index (χ2n) is 12.4. The van der Waals surface area contributed by atoms with Crippen LogP contribution in [0, 0.1) is 11.8 Å². The summed E-state index contributed by atoms with van der Waals surface area (Å²) in [5.41, 5.74) is 2.51. The van der Waals surface area contributed by atoms with Crippen molar-refractivity contribution in [3.05, 3.63) is 88.9 Å². The summed E-state index contributed by atoms with van der Waals surface area (Å²) in [6, 6.07) is 24.2. The monoisotopic (exact) mass is 695 g/mol. The maximum Gasteiger partial charge on any atom is 0.257 e. The average molecular weight is 697 g/mol. The lowest BCUT2D eigenvalue weighted by atomic mass is 9.82. The summed E-state index contributed by atoms with van der Waals surface area (Å²) in [4.78, 5) is 52.8. The fourth-order valence-corrected chi connectivity index (χ4v) is 6.71. The molecule has 1 aromatic heterocycles. The number of hydrogen-bond donors (Lipinski definition) is 2. The van der Waals surface area contributed by atoms with Crippen LogP contribution >= 0.6 is 15.9 Å². The molecule has 1 aliphatic carbocycles. The van der Waals surface area contributed by atoms with Crippen molar-refractivity contribution < 1.29 is 14.4 Å². The molecule has 2 aliphatic rings. The van der Waals surface area contributed by atoms with Gasteiger partial charge >= 0.3 is 0 Å². The smallest absolute Gasteiger partial charge is 0.257 e. The summed E-state index contributed by atoms with van der Waals surface area (Å²) >= 11 is 3.41. The summed E-state index contributed by atoms with van der Waals surface area (Å²) in [7, 11) is 3.94. The Morgan fingerprint density at radius 1 is 0.915 bits per heavy atom. The fraction of sp³-hybridized carbons (Fsp3) is 0.333. The number of ketones is 1. The van der Waals surface area contributed by atoms with Gasteiger partial charge in [0.1, 0.15) is 5.82 Å². The number of nitrogens with zero attached hydrogens (tertiary/aromatic N) is 5. The molecule has 0 radical (unpaired) electrons. The number of aromatic nitrogens is 2.